The van der Waals surface area contributed by atoms with Gasteiger partial charge in [-0.3, -0.25) is 20.2 Å². The number of nitrogens with zero attached hydrogens (tertiary/aromatic N) is 4. The van der Waals surface area contributed by atoms with Crippen LogP contribution >= 0.6 is 15.2 Å². The smallest absolute Gasteiger partial charge is 0.393 e. The molecule has 0 heterocycles. The van der Waals surface area contributed by atoms with Crippen LogP contribution in [0.15, 0.2) is 114 Å². The van der Waals surface area contributed by atoms with Gasteiger partial charge in [-0.15, -0.1) is 8.83 Å². The lowest BCUT2D eigenvalue weighted by Crippen LogP contribution is -2.51. The lowest BCUT2D eigenvalue weighted by atomic mass is 10.2. The van der Waals surface area contributed by atoms with E-state index in [1.54, 1.807) is 6.07 Å². The third-order valence-corrected chi connectivity index (χ3v) is 12.4. The molecule has 0 aromatic heterocycles. The Balaban J connectivity index is 1.81. The van der Waals surface area contributed by atoms with Crippen molar-refractivity contribution in [2.75, 3.05) is 12.6 Å². The Hall–Kier alpha value is -4.52. The molecular formula is C27H26N4O14P2S2. The van der Waals surface area contributed by atoms with E-state index in [-0.39, 0.29) is 14.4 Å². The lowest BCUT2D eigenvalue weighted by Gasteiger charge is -2.34. The number of non-ortho nitro benzene ring substituents is 2. The molecule has 0 fully saturated rings. The normalized spacial score (nSPS) is 14.4. The van der Waals surface area contributed by atoms with Gasteiger partial charge < -0.3 is 18.8 Å². The van der Waals surface area contributed by atoms with Gasteiger partial charge in [0.25, 0.3) is 21.4 Å². The highest BCUT2D eigenvalue weighted by Gasteiger charge is 2.46. The standard InChI is InChI=1S/C27H26N4O14P2S2/c32-30(33)23-11-15-25(16-12-23)44-46(36,37)20-28(48(40,41)19-22-7-3-1-4-8-22)29(49(42,43)27-9-5-2-6-10-27)21-47(38,39)45-26-17-13-24(14-18-26)31(34)35/h1-18H,19-21H2,(H,36,37)(H,38,39). The molecular weight excluding hydrogens is 730 g/mol. The van der Waals surface area contributed by atoms with Crippen molar-refractivity contribution in [3.05, 3.63) is 135 Å². The van der Waals surface area contributed by atoms with E-state index in [1.165, 1.54) is 42.5 Å². The van der Waals surface area contributed by atoms with Crippen LogP contribution in [-0.4, -0.2) is 57.9 Å². The minimum absolute atomic E-state index is 0.0867. The number of rotatable bonds is 16. The fraction of sp³-hybridized carbons (Fsp3) is 0.111. The monoisotopic (exact) mass is 756 g/mol. The zero-order chi connectivity index (χ0) is 36.0. The minimum atomic E-state index is -5.28. The molecule has 0 bridgehead atoms. The number of sulfonamides is 2. The van der Waals surface area contributed by atoms with Crippen molar-refractivity contribution in [2.24, 2.45) is 0 Å². The Morgan fingerprint density at radius 1 is 0.612 bits per heavy atom. The molecule has 4 aromatic carbocycles. The Bertz CT molecular complexity index is 2120. The molecule has 0 radical (unpaired) electrons. The van der Waals surface area contributed by atoms with E-state index in [0.29, 0.717) is 0 Å². The van der Waals surface area contributed by atoms with Gasteiger partial charge in [0.05, 0.1) is 20.5 Å². The molecule has 260 valence electrons. The molecule has 0 aliphatic rings. The first kappa shape index (κ1) is 37.3. The second-order valence-corrected chi connectivity index (χ2v) is 17.1. The largest absolute Gasteiger partial charge is 0.424 e. The highest BCUT2D eigenvalue weighted by Crippen LogP contribution is 2.49. The maximum absolute atomic E-state index is 14.0. The number of nitro benzene ring substituents is 2. The van der Waals surface area contributed by atoms with Crippen LogP contribution in [0.1, 0.15) is 5.56 Å². The molecule has 2 unspecified atom stereocenters. The van der Waals surface area contributed by atoms with E-state index < -0.39 is 91.2 Å². The van der Waals surface area contributed by atoms with E-state index in [4.69, 9.17) is 9.05 Å². The van der Waals surface area contributed by atoms with Gasteiger partial charge in [0.1, 0.15) is 24.1 Å². The lowest BCUT2D eigenvalue weighted by molar-refractivity contribution is -0.385. The highest BCUT2D eigenvalue weighted by atomic mass is 32.2. The van der Waals surface area contributed by atoms with Gasteiger partial charge in [0, 0.05) is 24.3 Å². The number of hydrogen-bond donors (Lipinski definition) is 2. The van der Waals surface area contributed by atoms with Crippen molar-refractivity contribution in [3.8, 4) is 11.5 Å². The third kappa shape index (κ3) is 10.0. The molecule has 0 saturated carbocycles. The molecule has 4 rings (SSSR count). The Morgan fingerprint density at radius 3 is 1.41 bits per heavy atom. The van der Waals surface area contributed by atoms with E-state index in [9.17, 15) is 56.0 Å². The molecule has 22 heteroatoms. The van der Waals surface area contributed by atoms with Gasteiger partial charge in [-0.2, -0.15) is 0 Å². The summed E-state index contributed by atoms with van der Waals surface area (Å²) in [6.45, 7) is 0. The number of benzene rings is 4. The summed E-state index contributed by atoms with van der Waals surface area (Å²) in [6, 6.07) is 20.8. The zero-order valence-corrected chi connectivity index (χ0v) is 28.2. The molecule has 0 amide bonds. The van der Waals surface area contributed by atoms with E-state index in [1.807, 2.05) is 0 Å². The molecule has 49 heavy (non-hydrogen) atoms. The summed E-state index contributed by atoms with van der Waals surface area (Å²) in [5.41, 5.74) is -0.708. The fourth-order valence-electron chi connectivity index (χ4n) is 4.09. The summed E-state index contributed by atoms with van der Waals surface area (Å²) < 4.78 is 93.0. The Kier molecular flexibility index (Phi) is 11.4. The average Bonchev–Trinajstić information content (AvgIpc) is 3.03. The maximum atomic E-state index is 14.0. The van der Waals surface area contributed by atoms with Gasteiger partial charge in [-0.05, 0) is 42.0 Å². The molecule has 0 aliphatic carbocycles. The number of hydrazine groups is 1. The molecule has 0 spiro atoms. The second-order valence-electron chi connectivity index (χ2n) is 9.95. The molecule has 0 saturated heterocycles. The first-order valence-corrected chi connectivity index (χ1v) is 20.1. The van der Waals surface area contributed by atoms with Crippen LogP contribution in [-0.2, 0) is 34.9 Å². The van der Waals surface area contributed by atoms with Crippen LogP contribution in [0.5, 0.6) is 11.5 Å². The summed E-state index contributed by atoms with van der Waals surface area (Å²) in [6.07, 6.45) is -3.28. The fourth-order valence-corrected chi connectivity index (χ4v) is 11.1. The van der Waals surface area contributed by atoms with Crippen LogP contribution in [0.2, 0.25) is 0 Å². The molecule has 4 aromatic rings. The van der Waals surface area contributed by atoms with Crippen molar-refractivity contribution < 1.29 is 54.6 Å². The summed E-state index contributed by atoms with van der Waals surface area (Å²) in [7, 11) is -20.8. The van der Waals surface area contributed by atoms with Crippen LogP contribution in [0.3, 0.4) is 0 Å². The van der Waals surface area contributed by atoms with Gasteiger partial charge in [0.15, 0.2) is 0 Å². The molecule has 2 N–H and O–H groups in total. The molecule has 18 nitrogen and oxygen atoms in total. The van der Waals surface area contributed by atoms with Crippen LogP contribution in [0, 0.1) is 20.2 Å². The number of hydrogen-bond acceptors (Lipinski definition) is 12. The van der Waals surface area contributed by atoms with E-state index >= 15 is 0 Å². The topological polar surface area (TPSA) is 254 Å². The minimum Gasteiger partial charge on any atom is -0.424 e. The summed E-state index contributed by atoms with van der Waals surface area (Å²) >= 11 is 0. The van der Waals surface area contributed by atoms with Crippen molar-refractivity contribution in [2.45, 2.75) is 10.6 Å². The summed E-state index contributed by atoms with van der Waals surface area (Å²) in [5.74, 6) is -1.82. The predicted octanol–water partition coefficient (Wildman–Crippen LogP) is 4.68. The first-order valence-electron chi connectivity index (χ1n) is 13.5. The number of nitro groups is 2. The Morgan fingerprint density at radius 2 is 1.00 bits per heavy atom. The maximum Gasteiger partial charge on any atom is 0.393 e. The summed E-state index contributed by atoms with van der Waals surface area (Å²) in [4.78, 5) is 41.7. The van der Waals surface area contributed by atoms with Gasteiger partial charge in [0.2, 0.25) is 10.0 Å². The molecule has 0 aliphatic heterocycles. The van der Waals surface area contributed by atoms with Gasteiger partial charge in [-0.25, -0.2) is 26.0 Å². The summed E-state index contributed by atoms with van der Waals surface area (Å²) in [5, 5.41) is 22.0. The average molecular weight is 757 g/mol. The van der Waals surface area contributed by atoms with Crippen molar-refractivity contribution >= 4 is 46.6 Å². The van der Waals surface area contributed by atoms with Gasteiger partial charge in [-0.1, -0.05) is 48.5 Å². The van der Waals surface area contributed by atoms with Crippen LogP contribution in [0.25, 0.3) is 0 Å². The van der Waals surface area contributed by atoms with Crippen LogP contribution in [0.4, 0.5) is 11.4 Å². The zero-order valence-electron chi connectivity index (χ0n) is 24.8. The van der Waals surface area contributed by atoms with Crippen molar-refractivity contribution in [3.63, 3.8) is 0 Å². The van der Waals surface area contributed by atoms with Crippen LogP contribution < -0.4 is 9.05 Å². The third-order valence-electron chi connectivity index (χ3n) is 6.27. The van der Waals surface area contributed by atoms with E-state index in [2.05, 4.69) is 0 Å². The van der Waals surface area contributed by atoms with Crippen molar-refractivity contribution in [1.29, 1.82) is 0 Å². The first-order chi connectivity index (χ1) is 22.9. The predicted molar refractivity (Wildman–Crippen MR) is 173 cm³/mol. The molecule has 2 atom stereocenters. The SMILES string of the molecule is O=[N+]([O-])c1ccc(OP(=O)(O)CN(N(CP(=O)(O)Oc2ccc([N+](=O)[O-])cc2)S(=O)(=O)c2ccccc2)S(=O)(=O)Cc2ccccc2)cc1. The Labute approximate surface area is 279 Å². The highest BCUT2D eigenvalue weighted by molar-refractivity contribution is 7.92. The van der Waals surface area contributed by atoms with Gasteiger partial charge >= 0.3 is 15.2 Å². The van der Waals surface area contributed by atoms with Crippen molar-refractivity contribution in [1.82, 2.24) is 8.83 Å². The quantitative estimate of drug-likeness (QED) is 0.0894. The van der Waals surface area contributed by atoms with E-state index in [0.717, 1.165) is 60.7 Å². The second kappa shape index (κ2) is 14.9.